The summed E-state index contributed by atoms with van der Waals surface area (Å²) in [6, 6.07) is 5.79. The van der Waals surface area contributed by atoms with Crippen LogP contribution in [0.2, 0.25) is 0 Å². The molecule has 1 N–H and O–H groups in total. The van der Waals surface area contributed by atoms with Gasteiger partial charge in [-0.2, -0.15) is 0 Å². The van der Waals surface area contributed by atoms with Crippen LogP contribution in [0.3, 0.4) is 0 Å². The van der Waals surface area contributed by atoms with Crippen molar-refractivity contribution >= 4 is 11.8 Å². The number of carbonyl (C=O) groups is 2. The Labute approximate surface area is 113 Å². The van der Waals surface area contributed by atoms with E-state index >= 15 is 0 Å². The molecule has 3 heteroatoms. The summed E-state index contributed by atoms with van der Waals surface area (Å²) >= 11 is 0. The Kier molecular flexibility index (Phi) is 4.03. The zero-order valence-corrected chi connectivity index (χ0v) is 11.5. The van der Waals surface area contributed by atoms with Crippen molar-refractivity contribution in [3.05, 3.63) is 34.9 Å². The van der Waals surface area contributed by atoms with E-state index in [1.807, 2.05) is 32.0 Å². The molecule has 0 spiro atoms. The molecule has 1 aromatic carbocycles. The molecule has 0 radical (unpaired) electrons. The average Bonchev–Trinajstić information content (AvgIpc) is 2.40. The first-order valence-electron chi connectivity index (χ1n) is 6.85. The summed E-state index contributed by atoms with van der Waals surface area (Å²) in [5, 5.41) is 9.28. The summed E-state index contributed by atoms with van der Waals surface area (Å²) in [4.78, 5) is 23.9. The van der Waals surface area contributed by atoms with Gasteiger partial charge in [0.25, 0.3) is 0 Å². The number of aliphatic carboxylic acids is 1. The van der Waals surface area contributed by atoms with Crippen molar-refractivity contribution in [1.82, 2.24) is 0 Å². The van der Waals surface area contributed by atoms with Gasteiger partial charge in [-0.1, -0.05) is 30.5 Å². The highest BCUT2D eigenvalue weighted by atomic mass is 16.4. The van der Waals surface area contributed by atoms with E-state index in [1.165, 1.54) is 0 Å². The summed E-state index contributed by atoms with van der Waals surface area (Å²) in [6.45, 7) is 3.86. The molecule has 1 saturated carbocycles. The quantitative estimate of drug-likeness (QED) is 0.848. The number of carboxylic acid groups (broad SMARTS) is 1. The van der Waals surface area contributed by atoms with E-state index in [4.69, 9.17) is 0 Å². The van der Waals surface area contributed by atoms with E-state index in [0.717, 1.165) is 24.0 Å². The molecule has 0 aliphatic heterocycles. The van der Waals surface area contributed by atoms with Crippen LogP contribution in [0.1, 0.15) is 47.2 Å². The third-order valence-corrected chi connectivity index (χ3v) is 4.08. The van der Waals surface area contributed by atoms with E-state index in [1.54, 1.807) is 0 Å². The van der Waals surface area contributed by atoms with E-state index in [-0.39, 0.29) is 11.7 Å². The molecule has 0 saturated heterocycles. The maximum atomic E-state index is 12.6. The number of hydrogen-bond acceptors (Lipinski definition) is 2. The number of carbonyl (C=O) groups excluding carboxylic acids is 1. The number of ketones is 1. The Hall–Kier alpha value is -1.64. The first-order valence-corrected chi connectivity index (χ1v) is 6.85. The molecule has 0 aromatic heterocycles. The summed E-state index contributed by atoms with van der Waals surface area (Å²) in [7, 11) is 0. The Morgan fingerprint density at radius 3 is 2.37 bits per heavy atom. The number of carboxylic acids is 1. The first kappa shape index (κ1) is 13.8. The van der Waals surface area contributed by atoms with Gasteiger partial charge in [-0.25, -0.2) is 0 Å². The van der Waals surface area contributed by atoms with Crippen LogP contribution < -0.4 is 0 Å². The molecule has 1 aliphatic carbocycles. The Balaban J connectivity index is 2.31. The van der Waals surface area contributed by atoms with Gasteiger partial charge in [0.1, 0.15) is 0 Å². The highest BCUT2D eigenvalue weighted by molar-refractivity contribution is 6.01. The molecule has 0 bridgehead atoms. The molecule has 19 heavy (non-hydrogen) atoms. The van der Waals surface area contributed by atoms with Crippen molar-refractivity contribution in [2.24, 2.45) is 11.8 Å². The molecule has 0 heterocycles. The lowest BCUT2D eigenvalue weighted by molar-refractivity contribution is -0.144. The second-order valence-electron chi connectivity index (χ2n) is 5.52. The zero-order valence-electron chi connectivity index (χ0n) is 11.5. The predicted molar refractivity (Wildman–Crippen MR) is 73.3 cm³/mol. The summed E-state index contributed by atoms with van der Waals surface area (Å²) in [5.41, 5.74) is 2.67. The van der Waals surface area contributed by atoms with Gasteiger partial charge >= 0.3 is 5.97 Å². The Morgan fingerprint density at radius 2 is 1.74 bits per heavy atom. The molecule has 0 unspecified atom stereocenters. The highest BCUT2D eigenvalue weighted by Crippen LogP contribution is 2.33. The van der Waals surface area contributed by atoms with Gasteiger partial charge in [-0.05, 0) is 38.3 Å². The van der Waals surface area contributed by atoms with Crippen LogP contribution >= 0.6 is 0 Å². The van der Waals surface area contributed by atoms with Gasteiger partial charge in [0, 0.05) is 11.5 Å². The monoisotopic (exact) mass is 260 g/mol. The second-order valence-corrected chi connectivity index (χ2v) is 5.52. The largest absolute Gasteiger partial charge is 0.481 e. The van der Waals surface area contributed by atoms with E-state index in [9.17, 15) is 14.7 Å². The molecule has 2 rings (SSSR count). The van der Waals surface area contributed by atoms with Crippen molar-refractivity contribution in [3.8, 4) is 0 Å². The minimum absolute atomic E-state index is 0.00769. The third kappa shape index (κ3) is 2.86. The van der Waals surface area contributed by atoms with Crippen molar-refractivity contribution in [2.45, 2.75) is 39.5 Å². The summed E-state index contributed by atoms with van der Waals surface area (Å²) in [6.07, 6.45) is 3.18. The van der Waals surface area contributed by atoms with E-state index in [2.05, 4.69) is 0 Å². The van der Waals surface area contributed by atoms with Crippen molar-refractivity contribution in [1.29, 1.82) is 0 Å². The third-order valence-electron chi connectivity index (χ3n) is 4.08. The fourth-order valence-corrected chi connectivity index (χ4v) is 2.94. The molecule has 1 aromatic rings. The fourth-order valence-electron chi connectivity index (χ4n) is 2.94. The Morgan fingerprint density at radius 1 is 1.11 bits per heavy atom. The number of Topliss-reactive ketones (excluding diaryl/α,β-unsaturated/α-hetero) is 1. The normalized spacial score (nSPS) is 23.1. The molecule has 0 amide bonds. The first-order chi connectivity index (χ1) is 9.00. The van der Waals surface area contributed by atoms with Gasteiger partial charge in [0.15, 0.2) is 5.78 Å². The topological polar surface area (TPSA) is 54.4 Å². The molecule has 3 nitrogen and oxygen atoms in total. The number of benzene rings is 1. The Bertz CT molecular complexity index is 505. The molecular weight excluding hydrogens is 240 g/mol. The summed E-state index contributed by atoms with van der Waals surface area (Å²) in [5.74, 6) is -1.69. The van der Waals surface area contributed by atoms with Gasteiger partial charge < -0.3 is 5.11 Å². The zero-order chi connectivity index (χ0) is 14.0. The lowest BCUT2D eigenvalue weighted by Crippen LogP contribution is -2.33. The van der Waals surface area contributed by atoms with Crippen LogP contribution in [-0.2, 0) is 4.79 Å². The van der Waals surface area contributed by atoms with E-state index < -0.39 is 11.9 Å². The highest BCUT2D eigenvalue weighted by Gasteiger charge is 2.36. The smallest absolute Gasteiger partial charge is 0.307 e. The fraction of sp³-hybridized carbons (Fsp3) is 0.500. The van der Waals surface area contributed by atoms with Crippen LogP contribution in [0, 0.1) is 25.7 Å². The molecule has 2 atom stereocenters. The van der Waals surface area contributed by atoms with E-state index in [0.29, 0.717) is 18.4 Å². The SMILES string of the molecule is Cc1ccc(C)c(C(=O)[C@H]2CCCC[C@H]2C(=O)O)c1. The maximum absolute atomic E-state index is 12.6. The molecule has 1 aliphatic rings. The van der Waals surface area contributed by atoms with Gasteiger partial charge in [-0.15, -0.1) is 0 Å². The van der Waals surface area contributed by atoms with Crippen LogP contribution in [0.4, 0.5) is 0 Å². The number of rotatable bonds is 3. The lowest BCUT2D eigenvalue weighted by atomic mass is 9.75. The molecule has 102 valence electrons. The van der Waals surface area contributed by atoms with Crippen LogP contribution in [-0.4, -0.2) is 16.9 Å². The average molecular weight is 260 g/mol. The number of aryl methyl sites for hydroxylation is 2. The van der Waals surface area contributed by atoms with Crippen LogP contribution in [0.5, 0.6) is 0 Å². The van der Waals surface area contributed by atoms with Gasteiger partial charge in [-0.3, -0.25) is 9.59 Å². The minimum atomic E-state index is -0.830. The van der Waals surface area contributed by atoms with Gasteiger partial charge in [0.2, 0.25) is 0 Å². The molecule has 1 fully saturated rings. The van der Waals surface area contributed by atoms with Gasteiger partial charge in [0.05, 0.1) is 5.92 Å². The van der Waals surface area contributed by atoms with Crippen molar-refractivity contribution in [2.75, 3.05) is 0 Å². The lowest BCUT2D eigenvalue weighted by Gasteiger charge is -2.27. The van der Waals surface area contributed by atoms with Crippen LogP contribution in [0.15, 0.2) is 18.2 Å². The predicted octanol–water partition coefficient (Wildman–Crippen LogP) is 3.38. The van der Waals surface area contributed by atoms with Crippen molar-refractivity contribution in [3.63, 3.8) is 0 Å². The molecular formula is C16H20O3. The standard InChI is InChI=1S/C16H20O3/c1-10-7-8-11(2)14(9-10)15(17)12-5-3-4-6-13(12)16(18)19/h7-9,12-13H,3-6H2,1-2H3,(H,18,19)/t12-,13+/m0/s1. The summed E-state index contributed by atoms with van der Waals surface area (Å²) < 4.78 is 0. The van der Waals surface area contributed by atoms with Crippen molar-refractivity contribution < 1.29 is 14.7 Å². The minimum Gasteiger partial charge on any atom is -0.481 e. The van der Waals surface area contributed by atoms with Crippen LogP contribution in [0.25, 0.3) is 0 Å². The number of hydrogen-bond donors (Lipinski definition) is 1. The second kappa shape index (κ2) is 5.55. The maximum Gasteiger partial charge on any atom is 0.307 e.